The van der Waals surface area contributed by atoms with Crippen molar-refractivity contribution in [3.8, 4) is 0 Å². The molecular formula is C12H19ClN4O4S. The average Bonchev–Trinajstić information content (AvgIpc) is 2.34. The number of aliphatic hydroxyl groups excluding tert-OH is 1. The van der Waals surface area contributed by atoms with Crippen molar-refractivity contribution < 1.29 is 18.3 Å². The number of aliphatic hydroxyl groups is 1. The average molecular weight is 351 g/mol. The van der Waals surface area contributed by atoms with Crippen molar-refractivity contribution in [1.29, 1.82) is 0 Å². The molecule has 1 amide bonds. The molecule has 1 aromatic carbocycles. The van der Waals surface area contributed by atoms with Crippen LogP contribution in [0.25, 0.3) is 0 Å². The lowest BCUT2D eigenvalue weighted by molar-refractivity contribution is 0.100. The highest BCUT2D eigenvalue weighted by molar-refractivity contribution is 7.90. The number of hydrogen-bond donors (Lipinski definition) is 4. The van der Waals surface area contributed by atoms with Gasteiger partial charge in [0, 0.05) is 18.4 Å². The molecule has 0 aliphatic carbocycles. The van der Waals surface area contributed by atoms with E-state index in [1.807, 2.05) is 0 Å². The summed E-state index contributed by atoms with van der Waals surface area (Å²) >= 11 is 0. The summed E-state index contributed by atoms with van der Waals surface area (Å²) in [5, 5.41) is 12.0. The first kappa shape index (κ1) is 20.2. The molecule has 1 aromatic rings. The lowest BCUT2D eigenvalue weighted by Gasteiger charge is -2.13. The van der Waals surface area contributed by atoms with Crippen molar-refractivity contribution in [3.63, 3.8) is 0 Å². The molecule has 1 rings (SSSR count). The molecule has 0 aliphatic heterocycles. The number of halogens is 1. The molecule has 0 spiro atoms. The molecule has 0 saturated carbocycles. The van der Waals surface area contributed by atoms with Crippen LogP contribution in [0.15, 0.2) is 28.1 Å². The summed E-state index contributed by atoms with van der Waals surface area (Å²) < 4.78 is 23.6. The highest BCUT2D eigenvalue weighted by Gasteiger charge is 2.17. The maximum absolute atomic E-state index is 11.8. The third-order valence-electron chi connectivity index (χ3n) is 2.45. The standard InChI is InChI=1S/C12H18N4O4S.ClH/c1-7(17)6-15-9-4-3-8(11(18)16-12(13)14)5-10(9)21(2,19)20;/h3-5,7,15,17H,6H2,1-2H3,(H4,13,14,16,18);1H/t7-;/m0./s1. The third kappa shape index (κ3) is 5.88. The summed E-state index contributed by atoms with van der Waals surface area (Å²) in [4.78, 5) is 15.0. The van der Waals surface area contributed by atoms with Crippen molar-refractivity contribution in [2.45, 2.75) is 17.9 Å². The second-order valence-electron chi connectivity index (χ2n) is 4.55. The lowest BCUT2D eigenvalue weighted by Crippen LogP contribution is -2.24. The number of amides is 1. The molecule has 10 heteroatoms. The Hall–Kier alpha value is -1.84. The Kier molecular flexibility index (Phi) is 7.30. The Bertz CT molecular complexity index is 670. The molecule has 0 bridgehead atoms. The van der Waals surface area contributed by atoms with Gasteiger partial charge in [0.2, 0.25) is 0 Å². The topological polar surface area (TPSA) is 148 Å². The quantitative estimate of drug-likeness (QED) is 0.421. The molecule has 6 N–H and O–H groups in total. The molecule has 1 atom stereocenters. The molecule has 0 fully saturated rings. The van der Waals surface area contributed by atoms with Crippen molar-refractivity contribution in [2.24, 2.45) is 16.5 Å². The highest BCUT2D eigenvalue weighted by atomic mass is 35.5. The summed E-state index contributed by atoms with van der Waals surface area (Å²) in [5.74, 6) is -1.14. The number of nitrogens with two attached hydrogens (primary N) is 2. The van der Waals surface area contributed by atoms with Crippen LogP contribution in [0.2, 0.25) is 0 Å². The van der Waals surface area contributed by atoms with Crippen LogP contribution >= 0.6 is 12.4 Å². The number of carbonyl (C=O) groups excluding carboxylic acids is 1. The van der Waals surface area contributed by atoms with E-state index in [0.29, 0.717) is 5.69 Å². The van der Waals surface area contributed by atoms with E-state index in [1.165, 1.54) is 18.2 Å². The minimum atomic E-state index is -3.57. The van der Waals surface area contributed by atoms with Crippen LogP contribution in [0.5, 0.6) is 0 Å². The molecule has 0 aromatic heterocycles. The first-order chi connectivity index (χ1) is 9.61. The summed E-state index contributed by atoms with van der Waals surface area (Å²) in [7, 11) is -3.57. The maximum atomic E-state index is 11.8. The van der Waals surface area contributed by atoms with Gasteiger partial charge in [-0.1, -0.05) is 0 Å². The predicted octanol–water partition coefficient (Wildman–Crippen LogP) is -0.282. The van der Waals surface area contributed by atoms with Crippen molar-refractivity contribution in [2.75, 3.05) is 18.1 Å². The zero-order valence-corrected chi connectivity index (χ0v) is 13.7. The fourth-order valence-electron chi connectivity index (χ4n) is 1.55. The Morgan fingerprint density at radius 3 is 2.45 bits per heavy atom. The van der Waals surface area contributed by atoms with Gasteiger partial charge in [-0.15, -0.1) is 12.4 Å². The van der Waals surface area contributed by atoms with E-state index >= 15 is 0 Å². The van der Waals surface area contributed by atoms with E-state index in [-0.39, 0.29) is 29.4 Å². The third-order valence-corrected chi connectivity index (χ3v) is 3.58. The number of nitrogens with one attached hydrogen (secondary N) is 1. The van der Waals surface area contributed by atoms with Crippen LogP contribution in [0.1, 0.15) is 17.3 Å². The normalized spacial score (nSPS) is 12.0. The fraction of sp³-hybridized carbons (Fsp3) is 0.333. The van der Waals surface area contributed by atoms with E-state index in [9.17, 15) is 18.3 Å². The second-order valence-corrected chi connectivity index (χ2v) is 6.54. The molecule has 124 valence electrons. The molecule has 22 heavy (non-hydrogen) atoms. The number of nitrogens with zero attached hydrogens (tertiary/aromatic N) is 1. The van der Waals surface area contributed by atoms with Crippen LogP contribution < -0.4 is 16.8 Å². The summed E-state index contributed by atoms with van der Waals surface area (Å²) in [6, 6.07) is 4.01. The molecule has 0 aliphatic rings. The van der Waals surface area contributed by atoms with Gasteiger partial charge in [-0.25, -0.2) is 8.42 Å². The Morgan fingerprint density at radius 2 is 2.00 bits per heavy atom. The van der Waals surface area contributed by atoms with Crippen LogP contribution in [0.3, 0.4) is 0 Å². The first-order valence-electron chi connectivity index (χ1n) is 6.01. The Labute approximate surface area is 134 Å². The SMILES string of the molecule is C[C@H](O)CNc1ccc(C(=O)N=C(N)N)cc1S(C)(=O)=O.Cl. The van der Waals surface area contributed by atoms with Gasteiger partial charge in [0.25, 0.3) is 5.91 Å². The van der Waals surface area contributed by atoms with Crippen LogP contribution in [-0.4, -0.2) is 44.3 Å². The number of aliphatic imine (C=N–C) groups is 1. The molecule has 8 nitrogen and oxygen atoms in total. The van der Waals surface area contributed by atoms with E-state index < -0.39 is 27.8 Å². The highest BCUT2D eigenvalue weighted by Crippen LogP contribution is 2.23. The van der Waals surface area contributed by atoms with E-state index in [4.69, 9.17) is 11.5 Å². The number of sulfone groups is 1. The van der Waals surface area contributed by atoms with Gasteiger partial charge in [-0.05, 0) is 25.1 Å². The predicted molar refractivity (Wildman–Crippen MR) is 87.1 cm³/mol. The van der Waals surface area contributed by atoms with Crippen LogP contribution in [-0.2, 0) is 9.84 Å². The van der Waals surface area contributed by atoms with Gasteiger partial charge >= 0.3 is 0 Å². The number of hydrogen-bond acceptors (Lipinski definition) is 5. The fourth-order valence-corrected chi connectivity index (χ4v) is 2.43. The summed E-state index contributed by atoms with van der Waals surface area (Å²) in [5.41, 5.74) is 10.6. The van der Waals surface area contributed by atoms with Gasteiger partial charge in [0.1, 0.15) is 0 Å². The molecule has 0 heterocycles. The minimum Gasteiger partial charge on any atom is -0.392 e. The Morgan fingerprint density at radius 1 is 1.41 bits per heavy atom. The smallest absolute Gasteiger partial charge is 0.280 e. The Balaban J connectivity index is 0.00000441. The zero-order chi connectivity index (χ0) is 16.2. The maximum Gasteiger partial charge on any atom is 0.280 e. The van der Waals surface area contributed by atoms with Crippen LogP contribution in [0, 0.1) is 0 Å². The molecule has 0 radical (unpaired) electrons. The number of anilines is 1. The zero-order valence-electron chi connectivity index (χ0n) is 12.1. The monoisotopic (exact) mass is 350 g/mol. The van der Waals surface area contributed by atoms with E-state index in [1.54, 1.807) is 6.92 Å². The molecular weight excluding hydrogens is 332 g/mol. The van der Waals surface area contributed by atoms with E-state index in [2.05, 4.69) is 10.3 Å². The number of rotatable bonds is 5. The van der Waals surface area contributed by atoms with Gasteiger partial charge in [-0.2, -0.15) is 4.99 Å². The summed E-state index contributed by atoms with van der Waals surface area (Å²) in [6.07, 6.45) is 0.366. The van der Waals surface area contributed by atoms with Crippen molar-refractivity contribution in [1.82, 2.24) is 0 Å². The van der Waals surface area contributed by atoms with Crippen LogP contribution in [0.4, 0.5) is 5.69 Å². The second kappa shape index (κ2) is 7.97. The lowest BCUT2D eigenvalue weighted by atomic mass is 10.2. The summed E-state index contributed by atoms with van der Waals surface area (Å²) in [6.45, 7) is 1.73. The van der Waals surface area contributed by atoms with Gasteiger partial charge in [-0.3, -0.25) is 4.79 Å². The van der Waals surface area contributed by atoms with Gasteiger partial charge in [0.05, 0.1) is 16.7 Å². The van der Waals surface area contributed by atoms with Crippen molar-refractivity contribution >= 4 is 39.8 Å². The largest absolute Gasteiger partial charge is 0.392 e. The van der Waals surface area contributed by atoms with E-state index in [0.717, 1.165) is 6.26 Å². The first-order valence-corrected chi connectivity index (χ1v) is 7.90. The number of benzene rings is 1. The van der Waals surface area contributed by atoms with Gasteiger partial charge in [0.15, 0.2) is 15.8 Å². The number of carbonyl (C=O) groups is 1. The van der Waals surface area contributed by atoms with Gasteiger partial charge < -0.3 is 21.9 Å². The number of guanidine groups is 1. The molecule has 0 unspecified atom stereocenters. The van der Waals surface area contributed by atoms with Crippen molar-refractivity contribution in [3.05, 3.63) is 23.8 Å². The minimum absolute atomic E-state index is 0. The molecule has 0 saturated heterocycles.